The quantitative estimate of drug-likeness (QED) is 0.897. The van der Waals surface area contributed by atoms with Gasteiger partial charge in [-0.1, -0.05) is 12.1 Å². The number of nitriles is 1. The van der Waals surface area contributed by atoms with Crippen LogP contribution >= 0.6 is 11.8 Å². The van der Waals surface area contributed by atoms with E-state index >= 15 is 0 Å². The lowest BCUT2D eigenvalue weighted by atomic mass is 10.1. The van der Waals surface area contributed by atoms with Crippen LogP contribution in [0.2, 0.25) is 0 Å². The number of urea groups is 1. The molecule has 1 aromatic rings. The van der Waals surface area contributed by atoms with Gasteiger partial charge in [0.2, 0.25) is 0 Å². The standard InChI is InChI=1S/C16H21N3OS/c1-12(14-6-3-5-13(9-14)10-17)19-15(20)18-11-16(2)7-4-8-21-16/h3,5-6,9,12H,4,7-8,11H2,1-2H3,(H2,18,19,20)/t12-,16+/m1/s1. The van der Waals surface area contributed by atoms with Crippen LogP contribution in [-0.4, -0.2) is 23.1 Å². The van der Waals surface area contributed by atoms with Gasteiger partial charge in [-0.3, -0.25) is 0 Å². The average Bonchev–Trinajstić information content (AvgIpc) is 2.92. The van der Waals surface area contributed by atoms with E-state index in [1.165, 1.54) is 12.2 Å². The van der Waals surface area contributed by atoms with E-state index in [1.807, 2.05) is 30.8 Å². The Morgan fingerprint density at radius 1 is 1.57 bits per heavy atom. The molecule has 0 aromatic heterocycles. The lowest BCUT2D eigenvalue weighted by molar-refractivity contribution is 0.237. The zero-order valence-corrected chi connectivity index (χ0v) is 13.3. The Balaban J connectivity index is 1.85. The summed E-state index contributed by atoms with van der Waals surface area (Å²) in [6.45, 7) is 4.81. The molecule has 1 aromatic carbocycles. The van der Waals surface area contributed by atoms with Crippen molar-refractivity contribution < 1.29 is 4.79 Å². The van der Waals surface area contributed by atoms with Crippen molar-refractivity contribution in [3.05, 3.63) is 35.4 Å². The first-order chi connectivity index (χ1) is 10.0. The maximum absolute atomic E-state index is 12.0. The number of amides is 2. The molecule has 112 valence electrons. The van der Waals surface area contributed by atoms with E-state index in [9.17, 15) is 4.79 Å². The summed E-state index contributed by atoms with van der Waals surface area (Å²) in [6, 6.07) is 9.15. The molecule has 0 radical (unpaired) electrons. The van der Waals surface area contributed by atoms with Crippen molar-refractivity contribution in [1.82, 2.24) is 10.6 Å². The van der Waals surface area contributed by atoms with Crippen molar-refractivity contribution in [2.45, 2.75) is 37.5 Å². The lowest BCUT2D eigenvalue weighted by Crippen LogP contribution is -2.43. The SMILES string of the molecule is C[C@@H](NC(=O)NC[C@]1(C)CCCS1)c1cccc(C#N)c1. The molecular weight excluding hydrogens is 282 g/mol. The summed E-state index contributed by atoms with van der Waals surface area (Å²) in [6.07, 6.45) is 2.37. The van der Waals surface area contributed by atoms with Crippen LogP contribution in [0, 0.1) is 11.3 Å². The molecule has 4 nitrogen and oxygen atoms in total. The summed E-state index contributed by atoms with van der Waals surface area (Å²) in [4.78, 5) is 12.0. The summed E-state index contributed by atoms with van der Waals surface area (Å²) in [5.41, 5.74) is 1.54. The summed E-state index contributed by atoms with van der Waals surface area (Å²) in [5, 5.41) is 14.8. The summed E-state index contributed by atoms with van der Waals surface area (Å²) in [7, 11) is 0. The Morgan fingerprint density at radius 3 is 3.05 bits per heavy atom. The third-order valence-corrected chi connectivity index (χ3v) is 5.32. The molecule has 1 saturated heterocycles. The van der Waals surface area contributed by atoms with Gasteiger partial charge in [0.05, 0.1) is 17.7 Å². The van der Waals surface area contributed by atoms with E-state index in [0.29, 0.717) is 12.1 Å². The second-order valence-corrected chi connectivity index (χ2v) is 7.37. The second-order valence-electron chi connectivity index (χ2n) is 5.69. The molecule has 1 heterocycles. The Hall–Kier alpha value is -1.67. The Labute approximate surface area is 130 Å². The van der Waals surface area contributed by atoms with Gasteiger partial charge in [0.15, 0.2) is 0 Å². The molecule has 2 rings (SSSR count). The maximum atomic E-state index is 12.0. The van der Waals surface area contributed by atoms with E-state index in [2.05, 4.69) is 23.6 Å². The highest BCUT2D eigenvalue weighted by Crippen LogP contribution is 2.36. The topological polar surface area (TPSA) is 64.9 Å². The van der Waals surface area contributed by atoms with E-state index in [4.69, 9.17) is 5.26 Å². The van der Waals surface area contributed by atoms with Gasteiger partial charge in [-0.05, 0) is 50.1 Å². The number of rotatable bonds is 4. The summed E-state index contributed by atoms with van der Waals surface area (Å²) < 4.78 is 0.168. The van der Waals surface area contributed by atoms with Gasteiger partial charge < -0.3 is 10.6 Å². The van der Waals surface area contributed by atoms with Crippen molar-refractivity contribution in [3.8, 4) is 6.07 Å². The van der Waals surface area contributed by atoms with Crippen LogP contribution in [0.1, 0.15) is 43.9 Å². The molecule has 0 unspecified atom stereocenters. The number of hydrogen-bond acceptors (Lipinski definition) is 3. The molecule has 1 aliphatic heterocycles. The fourth-order valence-corrected chi connectivity index (χ4v) is 3.70. The number of benzene rings is 1. The molecule has 0 saturated carbocycles. The highest BCUT2D eigenvalue weighted by Gasteiger charge is 2.29. The maximum Gasteiger partial charge on any atom is 0.315 e. The molecule has 0 aliphatic carbocycles. The van der Waals surface area contributed by atoms with Crippen LogP contribution < -0.4 is 10.6 Å². The summed E-state index contributed by atoms with van der Waals surface area (Å²) >= 11 is 1.93. The molecule has 2 amide bonds. The molecule has 0 bridgehead atoms. The lowest BCUT2D eigenvalue weighted by Gasteiger charge is -2.24. The van der Waals surface area contributed by atoms with Crippen molar-refractivity contribution >= 4 is 17.8 Å². The van der Waals surface area contributed by atoms with Gasteiger partial charge in [-0.2, -0.15) is 17.0 Å². The first-order valence-corrected chi connectivity index (χ1v) is 8.19. The van der Waals surface area contributed by atoms with Crippen molar-refractivity contribution in [2.75, 3.05) is 12.3 Å². The monoisotopic (exact) mass is 303 g/mol. The highest BCUT2D eigenvalue weighted by molar-refractivity contribution is 8.00. The van der Waals surface area contributed by atoms with Crippen molar-refractivity contribution in [3.63, 3.8) is 0 Å². The van der Waals surface area contributed by atoms with Crippen LogP contribution in [0.3, 0.4) is 0 Å². The Bertz CT molecular complexity index is 547. The molecule has 21 heavy (non-hydrogen) atoms. The van der Waals surface area contributed by atoms with Crippen LogP contribution in [-0.2, 0) is 0 Å². The molecule has 5 heteroatoms. The van der Waals surface area contributed by atoms with Gasteiger partial charge in [-0.25, -0.2) is 4.79 Å². The van der Waals surface area contributed by atoms with Crippen LogP contribution in [0.4, 0.5) is 4.79 Å². The van der Waals surface area contributed by atoms with E-state index in [0.717, 1.165) is 12.0 Å². The van der Waals surface area contributed by atoms with E-state index < -0.39 is 0 Å². The fraction of sp³-hybridized carbons (Fsp3) is 0.500. The van der Waals surface area contributed by atoms with Gasteiger partial charge in [0.1, 0.15) is 0 Å². The van der Waals surface area contributed by atoms with E-state index in [1.54, 1.807) is 12.1 Å². The normalized spacial score (nSPS) is 22.3. The van der Waals surface area contributed by atoms with Gasteiger partial charge in [0, 0.05) is 11.3 Å². The van der Waals surface area contributed by atoms with Crippen LogP contribution in [0.5, 0.6) is 0 Å². The smallest absolute Gasteiger partial charge is 0.315 e. The molecule has 2 atom stereocenters. The number of carbonyl (C=O) groups is 1. The second kappa shape index (κ2) is 6.86. The number of nitrogens with zero attached hydrogens (tertiary/aromatic N) is 1. The first kappa shape index (κ1) is 15.7. The van der Waals surface area contributed by atoms with Gasteiger partial charge >= 0.3 is 6.03 Å². The third-order valence-electron chi connectivity index (χ3n) is 3.79. The highest BCUT2D eigenvalue weighted by atomic mass is 32.2. The molecule has 1 aliphatic rings. The number of hydrogen-bond donors (Lipinski definition) is 2. The first-order valence-electron chi connectivity index (χ1n) is 7.21. The van der Waals surface area contributed by atoms with Crippen LogP contribution in [0.25, 0.3) is 0 Å². The minimum Gasteiger partial charge on any atom is -0.337 e. The minimum atomic E-state index is -0.154. The predicted molar refractivity (Wildman–Crippen MR) is 86.2 cm³/mol. The summed E-state index contributed by atoms with van der Waals surface area (Å²) in [5.74, 6) is 1.18. The van der Waals surface area contributed by atoms with E-state index in [-0.39, 0.29) is 16.8 Å². The Kier molecular flexibility index (Phi) is 5.13. The molecular formula is C16H21N3OS. The minimum absolute atomic E-state index is 0.123. The predicted octanol–water partition coefficient (Wildman–Crippen LogP) is 3.20. The average molecular weight is 303 g/mol. The Morgan fingerprint density at radius 2 is 2.38 bits per heavy atom. The fourth-order valence-electron chi connectivity index (χ4n) is 2.45. The molecule has 2 N–H and O–H groups in total. The van der Waals surface area contributed by atoms with Gasteiger partial charge in [-0.15, -0.1) is 0 Å². The largest absolute Gasteiger partial charge is 0.337 e. The molecule has 1 fully saturated rings. The number of nitrogens with one attached hydrogen (secondary N) is 2. The van der Waals surface area contributed by atoms with Crippen LogP contribution in [0.15, 0.2) is 24.3 Å². The van der Waals surface area contributed by atoms with Crippen molar-refractivity contribution in [1.29, 1.82) is 5.26 Å². The zero-order valence-electron chi connectivity index (χ0n) is 12.5. The third kappa shape index (κ3) is 4.40. The zero-order chi connectivity index (χ0) is 15.3. The number of thioether (sulfide) groups is 1. The number of carbonyl (C=O) groups excluding carboxylic acids is 1. The molecule has 0 spiro atoms. The van der Waals surface area contributed by atoms with Crippen molar-refractivity contribution in [2.24, 2.45) is 0 Å². The van der Waals surface area contributed by atoms with Gasteiger partial charge in [0.25, 0.3) is 0 Å².